The third-order valence-electron chi connectivity index (χ3n) is 13.5. The van der Waals surface area contributed by atoms with E-state index in [0.717, 1.165) is 87.5 Å². The first-order valence-corrected chi connectivity index (χ1v) is 23.0. The van der Waals surface area contributed by atoms with E-state index in [4.69, 9.17) is 28.9 Å². The fourth-order valence-electron chi connectivity index (χ4n) is 9.98. The van der Waals surface area contributed by atoms with Crippen molar-refractivity contribution in [3.63, 3.8) is 0 Å². The molecule has 0 radical (unpaired) electrons. The lowest BCUT2D eigenvalue weighted by molar-refractivity contribution is -0.136. The van der Waals surface area contributed by atoms with Crippen LogP contribution in [0.1, 0.15) is 88.9 Å². The molecule has 0 saturated carbocycles. The SMILES string of the molecule is COC(=O)NC(C(=O)N1CCCC1c1ncc(-c2ccc3c(c2)OC(c2ccccc2)n2c-3cc3cc(-c4cnc(C5CCCN5C(=O)C(NC5OC5OC)C(C)C)[nH]4)ccc32)[nH]1)C(C)C. The number of amides is 3. The van der Waals surface area contributed by atoms with Crippen LogP contribution < -0.4 is 15.4 Å². The van der Waals surface area contributed by atoms with Crippen molar-refractivity contribution in [3.05, 3.63) is 102 Å². The third kappa shape index (κ3) is 8.00. The Kier molecular flexibility index (Phi) is 11.7. The van der Waals surface area contributed by atoms with Crippen molar-refractivity contribution in [3.8, 4) is 39.5 Å². The lowest BCUT2D eigenvalue weighted by Gasteiger charge is -2.30. The maximum Gasteiger partial charge on any atom is 0.407 e. The van der Waals surface area contributed by atoms with E-state index in [9.17, 15) is 14.4 Å². The monoisotopic (exact) mass is 895 g/mol. The third-order valence-corrected chi connectivity index (χ3v) is 13.5. The molecular weight excluding hydrogens is 839 g/mol. The van der Waals surface area contributed by atoms with Crippen LogP contribution in [0.3, 0.4) is 0 Å². The van der Waals surface area contributed by atoms with Crippen molar-refractivity contribution in [2.24, 2.45) is 11.8 Å². The molecule has 7 unspecified atom stereocenters. The van der Waals surface area contributed by atoms with Gasteiger partial charge in [0.05, 0.1) is 60.2 Å². The summed E-state index contributed by atoms with van der Waals surface area (Å²) in [7, 11) is 2.90. The summed E-state index contributed by atoms with van der Waals surface area (Å²) >= 11 is 0. The fourth-order valence-corrected chi connectivity index (χ4v) is 9.98. The minimum absolute atomic E-state index is 0.0462. The highest BCUT2D eigenvalue weighted by Crippen LogP contribution is 2.46. The van der Waals surface area contributed by atoms with Crippen LogP contribution in [-0.4, -0.2) is 104 Å². The number of imidazole rings is 2. The number of alkyl carbamates (subject to hydrolysis) is 1. The van der Waals surface area contributed by atoms with E-state index >= 15 is 0 Å². The van der Waals surface area contributed by atoms with Crippen molar-refractivity contribution < 1.29 is 33.3 Å². The van der Waals surface area contributed by atoms with Crippen LogP contribution in [-0.2, 0) is 23.8 Å². The Morgan fingerprint density at radius 1 is 0.773 bits per heavy atom. The van der Waals surface area contributed by atoms with Gasteiger partial charge in [-0.3, -0.25) is 14.9 Å². The smallest absolute Gasteiger partial charge is 0.407 e. The number of methoxy groups -OCH3 is 2. The highest BCUT2D eigenvalue weighted by molar-refractivity contribution is 5.93. The largest absolute Gasteiger partial charge is 0.465 e. The second kappa shape index (κ2) is 17.7. The molecule has 4 N–H and O–H groups in total. The number of nitrogens with one attached hydrogen (secondary N) is 4. The number of fused-ring (bicyclic) bond motifs is 5. The van der Waals surface area contributed by atoms with Crippen LogP contribution in [0.25, 0.3) is 44.7 Å². The Hall–Kier alpha value is -6.49. The van der Waals surface area contributed by atoms with Crippen LogP contribution >= 0.6 is 0 Å². The zero-order valence-electron chi connectivity index (χ0n) is 38.1. The van der Waals surface area contributed by atoms with Gasteiger partial charge in [0, 0.05) is 47.8 Å². The molecule has 3 fully saturated rings. The fraction of sp³-hybridized carbons (Fsp3) is 0.420. The molecule has 0 aliphatic carbocycles. The topological polar surface area (TPSA) is 184 Å². The number of rotatable bonds is 13. The molecule has 344 valence electrons. The van der Waals surface area contributed by atoms with Gasteiger partial charge < -0.3 is 48.6 Å². The Labute approximate surface area is 383 Å². The van der Waals surface area contributed by atoms with Crippen molar-refractivity contribution in [2.45, 2.75) is 96.3 Å². The first-order valence-electron chi connectivity index (χ1n) is 23.0. The predicted octanol–water partition coefficient (Wildman–Crippen LogP) is 7.68. The maximum absolute atomic E-state index is 14.0. The highest BCUT2D eigenvalue weighted by Gasteiger charge is 2.45. The van der Waals surface area contributed by atoms with Crippen LogP contribution in [0.15, 0.2) is 85.2 Å². The zero-order valence-corrected chi connectivity index (χ0v) is 38.1. The molecule has 16 heteroatoms. The molecule has 7 heterocycles. The van der Waals surface area contributed by atoms with E-state index in [1.54, 1.807) is 7.11 Å². The summed E-state index contributed by atoms with van der Waals surface area (Å²) in [5.41, 5.74) is 7.62. The van der Waals surface area contributed by atoms with E-state index in [0.29, 0.717) is 18.9 Å². The minimum atomic E-state index is -0.714. The standard InChI is InChI=1S/C50H57N9O7/c1-27(2)41(55-45-49(63-5)66-45)46(60)57-20-10-14-37(57)43-51-25-34(53-43)30-17-19-36-32(22-30)23-39-33-18-16-31(24-40(33)65-48(59(36)39)29-12-8-7-9-13-29)35-26-52-44(54-35)38-15-11-21-58(38)47(61)42(28(3)4)56-50(62)64-6/h7-9,12-13,16-19,22-28,37-38,41-42,45,48-49,55H,10-11,14-15,20-21H2,1-6H3,(H,51,53)(H,52,54)(H,56,62). The average molecular weight is 896 g/mol. The molecule has 4 aliphatic heterocycles. The van der Waals surface area contributed by atoms with E-state index in [-0.39, 0.29) is 48.3 Å². The Morgan fingerprint density at radius 2 is 1.39 bits per heavy atom. The summed E-state index contributed by atoms with van der Waals surface area (Å²) in [5, 5.41) is 7.13. The summed E-state index contributed by atoms with van der Waals surface area (Å²) in [5.74, 6) is 2.05. The van der Waals surface area contributed by atoms with Gasteiger partial charge in [-0.1, -0.05) is 70.2 Å². The van der Waals surface area contributed by atoms with Gasteiger partial charge in [0.1, 0.15) is 23.4 Å². The van der Waals surface area contributed by atoms with Crippen LogP contribution in [0.2, 0.25) is 0 Å². The molecule has 10 rings (SSSR count). The number of epoxide rings is 1. The highest BCUT2D eigenvalue weighted by atomic mass is 16.8. The number of hydrogen-bond acceptors (Lipinski definition) is 10. The molecule has 3 saturated heterocycles. The summed E-state index contributed by atoms with van der Waals surface area (Å²) in [6.45, 7) is 9.14. The number of carbonyl (C=O) groups excluding carboxylic acids is 3. The zero-order chi connectivity index (χ0) is 45.8. The van der Waals surface area contributed by atoms with Crippen molar-refractivity contribution in [1.29, 1.82) is 0 Å². The lowest BCUT2D eigenvalue weighted by atomic mass is 10.0. The first-order chi connectivity index (χ1) is 32.0. The van der Waals surface area contributed by atoms with Crippen LogP contribution in [0, 0.1) is 11.8 Å². The van der Waals surface area contributed by atoms with Gasteiger partial charge in [-0.15, -0.1) is 0 Å². The summed E-state index contributed by atoms with van der Waals surface area (Å²) in [6, 6.07) is 23.6. The number of likely N-dealkylation sites (tertiary alicyclic amines) is 2. The maximum atomic E-state index is 14.0. The minimum Gasteiger partial charge on any atom is -0.465 e. The summed E-state index contributed by atoms with van der Waals surface area (Å²) in [6.07, 6.45) is 5.31. The number of aromatic amines is 2. The number of nitrogens with zero attached hydrogens (tertiary/aromatic N) is 5. The van der Waals surface area contributed by atoms with E-state index < -0.39 is 24.4 Å². The van der Waals surface area contributed by atoms with Gasteiger partial charge in [0.2, 0.25) is 18.0 Å². The van der Waals surface area contributed by atoms with Gasteiger partial charge in [0.25, 0.3) is 0 Å². The Balaban J connectivity index is 0.924. The number of ether oxygens (including phenoxy) is 4. The Bertz CT molecular complexity index is 2760. The number of H-pyrrole nitrogens is 2. The molecule has 16 nitrogen and oxygen atoms in total. The first kappa shape index (κ1) is 43.4. The summed E-state index contributed by atoms with van der Waals surface area (Å²) in [4.78, 5) is 60.4. The van der Waals surface area contributed by atoms with Gasteiger partial charge in [-0.05, 0) is 67.9 Å². The molecule has 3 amide bonds. The second-order valence-corrected chi connectivity index (χ2v) is 18.4. The van der Waals surface area contributed by atoms with Gasteiger partial charge in [0.15, 0.2) is 12.5 Å². The molecule has 3 aromatic carbocycles. The van der Waals surface area contributed by atoms with Crippen molar-refractivity contribution in [1.82, 2.24) is 44.9 Å². The molecule has 3 aromatic heterocycles. The van der Waals surface area contributed by atoms with Gasteiger partial charge >= 0.3 is 6.09 Å². The molecule has 66 heavy (non-hydrogen) atoms. The van der Waals surface area contributed by atoms with Crippen LogP contribution in [0.4, 0.5) is 4.79 Å². The molecule has 7 atom stereocenters. The predicted molar refractivity (Wildman–Crippen MR) is 247 cm³/mol. The molecule has 0 bridgehead atoms. The van der Waals surface area contributed by atoms with Gasteiger partial charge in [-0.25, -0.2) is 14.8 Å². The van der Waals surface area contributed by atoms with Crippen LogP contribution in [0.5, 0.6) is 5.75 Å². The lowest BCUT2D eigenvalue weighted by Crippen LogP contribution is -2.51. The number of benzene rings is 3. The quantitative estimate of drug-likeness (QED) is 0.0839. The van der Waals surface area contributed by atoms with Crippen molar-refractivity contribution in [2.75, 3.05) is 27.3 Å². The van der Waals surface area contributed by atoms with E-state index in [1.165, 1.54) is 7.11 Å². The molecular formula is C50H57N9O7. The molecule has 0 spiro atoms. The number of hydrogen-bond donors (Lipinski definition) is 4. The summed E-state index contributed by atoms with van der Waals surface area (Å²) < 4.78 is 24.9. The average Bonchev–Trinajstić information content (AvgIpc) is 4.03. The van der Waals surface area contributed by atoms with Crippen molar-refractivity contribution >= 4 is 28.8 Å². The second-order valence-electron chi connectivity index (χ2n) is 18.4. The number of carbonyl (C=O) groups is 3. The molecule has 6 aromatic rings. The Morgan fingerprint density at radius 3 is 2.00 bits per heavy atom. The normalized spacial score (nSPS) is 22.0. The number of aromatic nitrogens is 5. The van der Waals surface area contributed by atoms with Gasteiger partial charge in [-0.2, -0.15) is 0 Å². The van der Waals surface area contributed by atoms with E-state index in [1.807, 2.05) is 68.1 Å². The molecule has 4 aliphatic rings. The van der Waals surface area contributed by atoms with E-state index in [2.05, 4.69) is 79.8 Å².